The minimum atomic E-state index is -0.195. The van der Waals surface area contributed by atoms with E-state index >= 15 is 0 Å². The molecule has 6 nitrogen and oxygen atoms in total. The predicted molar refractivity (Wildman–Crippen MR) is 96.7 cm³/mol. The summed E-state index contributed by atoms with van der Waals surface area (Å²) < 4.78 is 0. The number of amides is 1. The number of nitrogens with zero attached hydrogens (tertiary/aromatic N) is 3. The minimum absolute atomic E-state index is 0.195. The van der Waals surface area contributed by atoms with Crippen molar-refractivity contribution >= 4 is 17.4 Å². The Labute approximate surface area is 143 Å². The van der Waals surface area contributed by atoms with Crippen molar-refractivity contribution in [3.8, 4) is 0 Å². The van der Waals surface area contributed by atoms with Crippen LogP contribution in [-0.2, 0) is 0 Å². The summed E-state index contributed by atoms with van der Waals surface area (Å²) in [5.74, 6) is 0.422. The number of hydrogen-bond acceptors (Lipinski definition) is 5. The van der Waals surface area contributed by atoms with Crippen LogP contribution in [0.1, 0.15) is 28.0 Å². The Morgan fingerprint density at radius 1 is 1.17 bits per heavy atom. The van der Waals surface area contributed by atoms with Gasteiger partial charge in [-0.25, -0.2) is 9.97 Å². The van der Waals surface area contributed by atoms with Gasteiger partial charge in [0.1, 0.15) is 11.5 Å². The smallest absolute Gasteiger partial charge is 0.271 e. The molecule has 0 aliphatic rings. The third kappa shape index (κ3) is 5.31. The molecule has 2 aromatic rings. The Morgan fingerprint density at radius 3 is 2.58 bits per heavy atom. The van der Waals surface area contributed by atoms with E-state index in [1.54, 1.807) is 6.20 Å². The highest BCUT2D eigenvalue weighted by Crippen LogP contribution is 2.19. The van der Waals surface area contributed by atoms with Crippen LogP contribution in [-0.4, -0.2) is 48.0 Å². The van der Waals surface area contributed by atoms with Crippen molar-refractivity contribution < 1.29 is 4.79 Å². The van der Waals surface area contributed by atoms with Gasteiger partial charge in [-0.05, 0) is 52.5 Å². The third-order valence-electron chi connectivity index (χ3n) is 3.60. The van der Waals surface area contributed by atoms with Gasteiger partial charge in [0.15, 0.2) is 0 Å². The van der Waals surface area contributed by atoms with E-state index < -0.39 is 0 Å². The summed E-state index contributed by atoms with van der Waals surface area (Å²) in [6.07, 6.45) is 3.97. The molecule has 2 N–H and O–H groups in total. The molecule has 1 aromatic heterocycles. The normalized spacial score (nSPS) is 10.7. The summed E-state index contributed by atoms with van der Waals surface area (Å²) in [6.45, 7) is 5.66. The largest absolute Gasteiger partial charge is 0.351 e. The van der Waals surface area contributed by atoms with Gasteiger partial charge in [-0.3, -0.25) is 4.79 Å². The van der Waals surface area contributed by atoms with Crippen LogP contribution >= 0.6 is 0 Å². The zero-order valence-electron chi connectivity index (χ0n) is 14.8. The molecule has 1 aromatic carbocycles. The van der Waals surface area contributed by atoms with Gasteiger partial charge in [0.05, 0.1) is 12.4 Å². The van der Waals surface area contributed by atoms with Crippen molar-refractivity contribution in [1.29, 1.82) is 0 Å². The first-order valence-electron chi connectivity index (χ1n) is 8.05. The molecule has 0 saturated heterocycles. The van der Waals surface area contributed by atoms with Gasteiger partial charge in [-0.2, -0.15) is 0 Å². The van der Waals surface area contributed by atoms with Gasteiger partial charge < -0.3 is 15.5 Å². The van der Waals surface area contributed by atoms with E-state index in [4.69, 9.17) is 0 Å². The first kappa shape index (κ1) is 17.9. The van der Waals surface area contributed by atoms with Crippen molar-refractivity contribution in [2.45, 2.75) is 20.3 Å². The number of carbonyl (C=O) groups is 1. The highest BCUT2D eigenvalue weighted by Gasteiger charge is 2.08. The van der Waals surface area contributed by atoms with Crippen LogP contribution in [0.2, 0.25) is 0 Å². The second-order valence-corrected chi connectivity index (χ2v) is 6.14. The van der Waals surface area contributed by atoms with Crippen LogP contribution in [0.3, 0.4) is 0 Å². The van der Waals surface area contributed by atoms with Crippen LogP contribution in [0.15, 0.2) is 30.6 Å². The predicted octanol–water partition coefficient (Wildman–Crippen LogP) is 2.52. The highest BCUT2D eigenvalue weighted by molar-refractivity contribution is 5.92. The maximum Gasteiger partial charge on any atom is 0.271 e. The average Bonchev–Trinajstić information content (AvgIpc) is 2.54. The van der Waals surface area contributed by atoms with Crippen molar-refractivity contribution in [3.63, 3.8) is 0 Å². The summed E-state index contributed by atoms with van der Waals surface area (Å²) in [4.78, 5) is 22.5. The SMILES string of the molecule is Cc1ccc(Nc2cnc(C(=O)NCCCN(C)C)cn2)c(C)c1. The second-order valence-electron chi connectivity index (χ2n) is 6.14. The fourth-order valence-corrected chi connectivity index (χ4v) is 2.29. The van der Waals surface area contributed by atoms with E-state index in [1.165, 1.54) is 11.8 Å². The van der Waals surface area contributed by atoms with E-state index in [9.17, 15) is 4.79 Å². The first-order valence-corrected chi connectivity index (χ1v) is 8.05. The zero-order chi connectivity index (χ0) is 17.5. The van der Waals surface area contributed by atoms with Crippen molar-refractivity contribution in [1.82, 2.24) is 20.2 Å². The van der Waals surface area contributed by atoms with Gasteiger partial charge >= 0.3 is 0 Å². The maximum absolute atomic E-state index is 12.0. The van der Waals surface area contributed by atoms with Crippen molar-refractivity contribution in [2.75, 3.05) is 32.5 Å². The third-order valence-corrected chi connectivity index (χ3v) is 3.60. The van der Waals surface area contributed by atoms with Crippen molar-refractivity contribution in [3.05, 3.63) is 47.4 Å². The van der Waals surface area contributed by atoms with E-state index in [2.05, 4.69) is 38.5 Å². The minimum Gasteiger partial charge on any atom is -0.351 e. The van der Waals surface area contributed by atoms with E-state index in [0.29, 0.717) is 18.1 Å². The molecular weight excluding hydrogens is 302 g/mol. The molecule has 1 amide bonds. The number of rotatable bonds is 7. The fourth-order valence-electron chi connectivity index (χ4n) is 2.29. The molecule has 0 saturated carbocycles. The molecule has 0 aliphatic heterocycles. The molecule has 1 heterocycles. The molecule has 0 radical (unpaired) electrons. The molecule has 2 rings (SSSR count). The number of anilines is 2. The summed E-state index contributed by atoms with van der Waals surface area (Å²) in [5, 5.41) is 6.07. The average molecular weight is 327 g/mol. The zero-order valence-corrected chi connectivity index (χ0v) is 14.8. The second kappa shape index (κ2) is 8.40. The quantitative estimate of drug-likeness (QED) is 0.765. The van der Waals surface area contributed by atoms with E-state index in [0.717, 1.165) is 24.2 Å². The van der Waals surface area contributed by atoms with Gasteiger partial charge in [0.2, 0.25) is 0 Å². The van der Waals surface area contributed by atoms with E-state index in [1.807, 2.05) is 33.2 Å². The standard InChI is InChI=1S/C18H25N5O/c1-13-6-7-15(14(2)10-13)22-17-12-20-16(11-21-17)18(24)19-8-5-9-23(3)4/h6-7,10-12H,5,8-9H2,1-4H3,(H,19,24)(H,21,22). The number of aromatic nitrogens is 2. The van der Waals surface area contributed by atoms with Crippen LogP contribution in [0.25, 0.3) is 0 Å². The molecule has 0 aliphatic carbocycles. The van der Waals surface area contributed by atoms with E-state index in [-0.39, 0.29) is 5.91 Å². The number of aryl methyl sites for hydroxylation is 2. The summed E-state index contributed by atoms with van der Waals surface area (Å²) >= 11 is 0. The first-order chi connectivity index (χ1) is 11.5. The fraction of sp³-hybridized carbons (Fsp3) is 0.389. The molecule has 0 spiro atoms. The molecule has 0 bridgehead atoms. The Bertz CT molecular complexity index is 682. The Morgan fingerprint density at radius 2 is 1.96 bits per heavy atom. The van der Waals surface area contributed by atoms with Gasteiger partial charge in [0, 0.05) is 12.2 Å². The summed E-state index contributed by atoms with van der Waals surface area (Å²) in [7, 11) is 4.02. The van der Waals surface area contributed by atoms with Crippen LogP contribution < -0.4 is 10.6 Å². The highest BCUT2D eigenvalue weighted by atomic mass is 16.1. The lowest BCUT2D eigenvalue weighted by Gasteiger charge is -2.10. The number of hydrogen-bond donors (Lipinski definition) is 2. The lowest BCUT2D eigenvalue weighted by Crippen LogP contribution is -2.27. The topological polar surface area (TPSA) is 70.2 Å². The maximum atomic E-state index is 12.0. The molecule has 6 heteroatoms. The van der Waals surface area contributed by atoms with Crippen LogP contribution in [0.4, 0.5) is 11.5 Å². The molecular formula is C18H25N5O. The lowest BCUT2D eigenvalue weighted by molar-refractivity contribution is 0.0947. The monoisotopic (exact) mass is 327 g/mol. The summed E-state index contributed by atoms with van der Waals surface area (Å²) in [6, 6.07) is 6.15. The molecule has 128 valence electrons. The van der Waals surface area contributed by atoms with Gasteiger partial charge in [-0.1, -0.05) is 17.7 Å². The van der Waals surface area contributed by atoms with Gasteiger partial charge in [0.25, 0.3) is 5.91 Å². The Balaban J connectivity index is 1.91. The lowest BCUT2D eigenvalue weighted by atomic mass is 10.1. The van der Waals surface area contributed by atoms with Crippen LogP contribution in [0.5, 0.6) is 0 Å². The number of nitrogens with one attached hydrogen (secondary N) is 2. The molecule has 24 heavy (non-hydrogen) atoms. The molecule has 0 fully saturated rings. The Kier molecular flexibility index (Phi) is 6.26. The van der Waals surface area contributed by atoms with Crippen molar-refractivity contribution in [2.24, 2.45) is 0 Å². The Hall–Kier alpha value is -2.47. The summed E-state index contributed by atoms with van der Waals surface area (Å²) in [5.41, 5.74) is 3.66. The molecule has 0 atom stereocenters. The van der Waals surface area contributed by atoms with Crippen LogP contribution in [0, 0.1) is 13.8 Å². The van der Waals surface area contributed by atoms with Gasteiger partial charge in [-0.15, -0.1) is 0 Å². The number of carbonyl (C=O) groups excluding carboxylic acids is 1. The number of benzene rings is 1. The molecule has 0 unspecified atom stereocenters.